The standard InChI is InChI=1S/C19H25N3O2S/c1-19(2,3)17-20-21-18(24-17)25-15(14-10-6-4-7-11-14)16(23)22-12-8-5-9-13-22/h4,6-7,10-11,15H,5,8-9,12-13H2,1-3H3. The summed E-state index contributed by atoms with van der Waals surface area (Å²) in [7, 11) is 0. The molecule has 0 aliphatic carbocycles. The molecule has 1 atom stereocenters. The maximum atomic E-state index is 13.1. The smallest absolute Gasteiger partial charge is 0.277 e. The van der Waals surface area contributed by atoms with Gasteiger partial charge in [-0.1, -0.05) is 51.1 Å². The Balaban J connectivity index is 1.84. The summed E-state index contributed by atoms with van der Waals surface area (Å²) < 4.78 is 5.81. The second-order valence-corrected chi connectivity index (χ2v) is 8.47. The number of hydrogen-bond acceptors (Lipinski definition) is 5. The normalized spacial score (nSPS) is 16.7. The first kappa shape index (κ1) is 18.0. The van der Waals surface area contributed by atoms with Crippen molar-refractivity contribution in [3.05, 3.63) is 41.8 Å². The van der Waals surface area contributed by atoms with Gasteiger partial charge in [-0.3, -0.25) is 4.79 Å². The number of thioether (sulfide) groups is 1. The Hall–Kier alpha value is -1.82. The first-order chi connectivity index (χ1) is 11.9. The van der Waals surface area contributed by atoms with E-state index in [-0.39, 0.29) is 16.6 Å². The first-order valence-corrected chi connectivity index (χ1v) is 9.67. The lowest BCUT2D eigenvalue weighted by molar-refractivity contribution is -0.131. The van der Waals surface area contributed by atoms with E-state index in [1.54, 1.807) is 0 Å². The summed E-state index contributed by atoms with van der Waals surface area (Å²) in [5, 5.41) is 8.39. The monoisotopic (exact) mass is 359 g/mol. The predicted molar refractivity (Wildman–Crippen MR) is 98.5 cm³/mol. The van der Waals surface area contributed by atoms with Gasteiger partial charge >= 0.3 is 0 Å². The van der Waals surface area contributed by atoms with Crippen LogP contribution in [0, 0.1) is 0 Å². The molecule has 1 amide bonds. The molecule has 1 aromatic carbocycles. The Kier molecular flexibility index (Phi) is 5.47. The maximum Gasteiger partial charge on any atom is 0.277 e. The average molecular weight is 359 g/mol. The molecule has 2 aromatic rings. The highest BCUT2D eigenvalue weighted by molar-refractivity contribution is 8.00. The fraction of sp³-hybridized carbons (Fsp3) is 0.526. The zero-order valence-electron chi connectivity index (χ0n) is 15.1. The Bertz CT molecular complexity index is 703. The summed E-state index contributed by atoms with van der Waals surface area (Å²) >= 11 is 1.35. The van der Waals surface area contributed by atoms with Crippen molar-refractivity contribution in [2.45, 2.75) is 55.9 Å². The average Bonchev–Trinajstić information content (AvgIpc) is 3.10. The quantitative estimate of drug-likeness (QED) is 0.765. The van der Waals surface area contributed by atoms with Crippen LogP contribution < -0.4 is 0 Å². The number of piperidine rings is 1. The first-order valence-electron chi connectivity index (χ1n) is 8.79. The van der Waals surface area contributed by atoms with E-state index in [0.29, 0.717) is 11.1 Å². The molecule has 1 unspecified atom stereocenters. The van der Waals surface area contributed by atoms with E-state index in [9.17, 15) is 4.79 Å². The van der Waals surface area contributed by atoms with Gasteiger partial charge in [0, 0.05) is 18.5 Å². The lowest BCUT2D eigenvalue weighted by Gasteiger charge is -2.30. The zero-order chi connectivity index (χ0) is 17.9. The van der Waals surface area contributed by atoms with Crippen molar-refractivity contribution in [2.24, 2.45) is 0 Å². The molecule has 0 bridgehead atoms. The lowest BCUT2D eigenvalue weighted by atomic mass is 9.97. The number of nitrogens with zero attached hydrogens (tertiary/aromatic N) is 3. The Morgan fingerprint density at radius 2 is 1.80 bits per heavy atom. The van der Waals surface area contributed by atoms with Gasteiger partial charge in [0.2, 0.25) is 11.8 Å². The topological polar surface area (TPSA) is 59.2 Å². The second kappa shape index (κ2) is 7.60. The van der Waals surface area contributed by atoms with Crippen LogP contribution in [0.3, 0.4) is 0 Å². The van der Waals surface area contributed by atoms with Gasteiger partial charge in [-0.15, -0.1) is 10.2 Å². The molecule has 2 heterocycles. The summed E-state index contributed by atoms with van der Waals surface area (Å²) in [6, 6.07) is 9.85. The molecule has 0 spiro atoms. The van der Waals surface area contributed by atoms with Crippen LogP contribution in [0.5, 0.6) is 0 Å². The van der Waals surface area contributed by atoms with E-state index in [0.717, 1.165) is 31.5 Å². The minimum atomic E-state index is -0.354. The summed E-state index contributed by atoms with van der Waals surface area (Å²) in [5.41, 5.74) is 0.767. The lowest BCUT2D eigenvalue weighted by Crippen LogP contribution is -2.38. The number of carbonyl (C=O) groups excluding carboxylic acids is 1. The highest BCUT2D eigenvalue weighted by Gasteiger charge is 2.30. The number of likely N-dealkylation sites (tertiary alicyclic amines) is 1. The minimum absolute atomic E-state index is 0.131. The molecule has 0 saturated carbocycles. The molecule has 3 rings (SSSR count). The van der Waals surface area contributed by atoms with E-state index < -0.39 is 0 Å². The van der Waals surface area contributed by atoms with Gasteiger partial charge < -0.3 is 9.32 Å². The Labute approximate surface area is 153 Å². The number of benzene rings is 1. The number of aromatic nitrogens is 2. The van der Waals surface area contributed by atoms with Crippen molar-refractivity contribution >= 4 is 17.7 Å². The van der Waals surface area contributed by atoms with Crippen molar-refractivity contribution in [1.29, 1.82) is 0 Å². The largest absolute Gasteiger partial charge is 0.415 e. The molecule has 1 aromatic heterocycles. The number of amides is 1. The van der Waals surface area contributed by atoms with Crippen LogP contribution in [0.25, 0.3) is 0 Å². The molecule has 1 saturated heterocycles. The van der Waals surface area contributed by atoms with Gasteiger partial charge in [-0.25, -0.2) is 0 Å². The Morgan fingerprint density at radius 3 is 2.40 bits per heavy atom. The minimum Gasteiger partial charge on any atom is -0.415 e. The molecule has 5 nitrogen and oxygen atoms in total. The summed E-state index contributed by atoms with van der Waals surface area (Å²) in [4.78, 5) is 15.1. The number of carbonyl (C=O) groups is 1. The van der Waals surface area contributed by atoms with Gasteiger partial charge in [0.25, 0.3) is 5.22 Å². The summed E-state index contributed by atoms with van der Waals surface area (Å²) in [5.74, 6) is 0.721. The van der Waals surface area contributed by atoms with Gasteiger partial charge in [0.1, 0.15) is 5.25 Å². The fourth-order valence-corrected chi connectivity index (χ4v) is 3.79. The molecule has 0 N–H and O–H groups in total. The van der Waals surface area contributed by atoms with Gasteiger partial charge in [0.05, 0.1) is 0 Å². The zero-order valence-corrected chi connectivity index (χ0v) is 15.9. The molecular formula is C19H25N3O2S. The van der Waals surface area contributed by atoms with Gasteiger partial charge in [-0.05, 0) is 36.6 Å². The highest BCUT2D eigenvalue weighted by Crippen LogP contribution is 2.37. The molecule has 1 fully saturated rings. The predicted octanol–water partition coefficient (Wildman–Crippen LogP) is 4.21. The van der Waals surface area contributed by atoms with Crippen LogP contribution in [0.15, 0.2) is 40.0 Å². The summed E-state index contributed by atoms with van der Waals surface area (Å²) in [6.45, 7) is 7.76. The van der Waals surface area contributed by atoms with E-state index in [4.69, 9.17) is 4.42 Å². The fourth-order valence-electron chi connectivity index (χ4n) is 2.83. The second-order valence-electron chi connectivity index (χ2n) is 7.42. The van der Waals surface area contributed by atoms with Crippen LogP contribution in [0.2, 0.25) is 0 Å². The van der Waals surface area contributed by atoms with Crippen LogP contribution in [-0.4, -0.2) is 34.1 Å². The van der Waals surface area contributed by atoms with Crippen LogP contribution in [0.1, 0.15) is 56.7 Å². The van der Waals surface area contributed by atoms with Crippen molar-refractivity contribution in [3.63, 3.8) is 0 Å². The van der Waals surface area contributed by atoms with E-state index in [1.807, 2.05) is 56.0 Å². The molecule has 25 heavy (non-hydrogen) atoms. The van der Waals surface area contributed by atoms with Crippen LogP contribution in [0.4, 0.5) is 0 Å². The van der Waals surface area contributed by atoms with Crippen LogP contribution in [-0.2, 0) is 10.2 Å². The molecule has 134 valence electrons. The van der Waals surface area contributed by atoms with Crippen molar-refractivity contribution in [1.82, 2.24) is 15.1 Å². The van der Waals surface area contributed by atoms with Gasteiger partial charge in [0.15, 0.2) is 0 Å². The van der Waals surface area contributed by atoms with Gasteiger partial charge in [-0.2, -0.15) is 0 Å². The Morgan fingerprint density at radius 1 is 1.12 bits per heavy atom. The third-order valence-electron chi connectivity index (χ3n) is 4.26. The number of hydrogen-bond donors (Lipinski definition) is 0. The van der Waals surface area contributed by atoms with Crippen molar-refractivity contribution in [2.75, 3.05) is 13.1 Å². The molecule has 1 aliphatic heterocycles. The van der Waals surface area contributed by atoms with E-state index in [2.05, 4.69) is 10.2 Å². The SMILES string of the molecule is CC(C)(C)c1nnc(SC(C(=O)N2CCCCC2)c2ccccc2)o1. The molecular weight excluding hydrogens is 334 g/mol. The molecule has 0 radical (unpaired) electrons. The maximum absolute atomic E-state index is 13.1. The van der Waals surface area contributed by atoms with Crippen molar-refractivity contribution < 1.29 is 9.21 Å². The highest BCUT2D eigenvalue weighted by atomic mass is 32.2. The van der Waals surface area contributed by atoms with E-state index >= 15 is 0 Å². The number of rotatable bonds is 4. The molecule has 6 heteroatoms. The molecule has 1 aliphatic rings. The third kappa shape index (κ3) is 4.42. The summed E-state index contributed by atoms with van der Waals surface area (Å²) in [6.07, 6.45) is 3.35. The third-order valence-corrected chi connectivity index (χ3v) is 5.34. The van der Waals surface area contributed by atoms with E-state index in [1.165, 1.54) is 18.2 Å². The van der Waals surface area contributed by atoms with Crippen molar-refractivity contribution in [3.8, 4) is 0 Å². The van der Waals surface area contributed by atoms with Crippen LogP contribution >= 0.6 is 11.8 Å².